The lowest BCUT2D eigenvalue weighted by Gasteiger charge is -2.11. The lowest BCUT2D eigenvalue weighted by molar-refractivity contribution is -0.119. The van der Waals surface area contributed by atoms with E-state index in [9.17, 15) is 9.59 Å². The normalized spacial score (nSPS) is 10.9. The van der Waals surface area contributed by atoms with E-state index in [1.54, 1.807) is 36.0 Å². The molecule has 0 unspecified atom stereocenters. The fourth-order valence-electron chi connectivity index (χ4n) is 3.08. The molecular formula is C21H18N2O5. The summed E-state index contributed by atoms with van der Waals surface area (Å²) in [6.07, 6.45) is 1.73. The molecule has 0 fully saturated rings. The number of methoxy groups -OCH3 is 1. The first-order valence-corrected chi connectivity index (χ1v) is 8.64. The first kappa shape index (κ1) is 17.7. The summed E-state index contributed by atoms with van der Waals surface area (Å²) in [5.41, 5.74) is 2.18. The summed E-state index contributed by atoms with van der Waals surface area (Å²) in [6.45, 7) is -0.411. The third-order valence-corrected chi connectivity index (χ3v) is 4.46. The van der Waals surface area contributed by atoms with Gasteiger partial charge < -0.3 is 23.8 Å². The van der Waals surface area contributed by atoms with Crippen LogP contribution in [0.3, 0.4) is 0 Å². The van der Waals surface area contributed by atoms with Crippen LogP contribution in [0.2, 0.25) is 0 Å². The van der Waals surface area contributed by atoms with Gasteiger partial charge in [-0.05, 0) is 24.3 Å². The number of esters is 1. The van der Waals surface area contributed by atoms with E-state index in [0.29, 0.717) is 22.7 Å². The Balaban J connectivity index is 1.53. The number of rotatable bonds is 5. The molecule has 142 valence electrons. The molecular weight excluding hydrogens is 360 g/mol. The predicted octanol–water partition coefficient (Wildman–Crippen LogP) is 3.73. The molecule has 0 spiro atoms. The van der Waals surface area contributed by atoms with Crippen molar-refractivity contribution in [3.8, 4) is 5.75 Å². The second kappa shape index (κ2) is 7.11. The fraction of sp³-hybridized carbons (Fsp3) is 0.143. The van der Waals surface area contributed by atoms with Gasteiger partial charge in [-0.3, -0.25) is 4.79 Å². The van der Waals surface area contributed by atoms with Crippen molar-refractivity contribution >= 4 is 39.5 Å². The van der Waals surface area contributed by atoms with Gasteiger partial charge in [-0.1, -0.05) is 18.2 Å². The Bertz CT molecular complexity index is 1190. The molecule has 0 radical (unpaired) electrons. The quantitative estimate of drug-likeness (QED) is 0.535. The molecule has 0 saturated heterocycles. The molecule has 7 heteroatoms. The van der Waals surface area contributed by atoms with E-state index in [1.807, 2.05) is 30.3 Å². The van der Waals surface area contributed by atoms with Gasteiger partial charge in [0.1, 0.15) is 22.6 Å². The first-order chi connectivity index (χ1) is 13.6. The van der Waals surface area contributed by atoms with Gasteiger partial charge in [0.25, 0.3) is 5.91 Å². The number of aromatic nitrogens is 1. The number of furan rings is 1. The maximum atomic E-state index is 12.3. The summed E-state index contributed by atoms with van der Waals surface area (Å²) in [6, 6.07) is 14.5. The Morgan fingerprint density at radius 1 is 1.07 bits per heavy atom. The van der Waals surface area contributed by atoms with Gasteiger partial charge in [-0.2, -0.15) is 0 Å². The van der Waals surface area contributed by atoms with Gasteiger partial charge in [0.15, 0.2) is 6.61 Å². The van der Waals surface area contributed by atoms with Gasteiger partial charge in [-0.25, -0.2) is 4.79 Å². The zero-order valence-electron chi connectivity index (χ0n) is 15.4. The first-order valence-electron chi connectivity index (χ1n) is 8.64. The van der Waals surface area contributed by atoms with E-state index in [-0.39, 0.29) is 0 Å². The molecule has 0 bridgehead atoms. The second-order valence-corrected chi connectivity index (χ2v) is 6.28. The summed E-state index contributed by atoms with van der Waals surface area (Å²) in [4.78, 5) is 24.3. The maximum absolute atomic E-state index is 12.3. The van der Waals surface area contributed by atoms with Crippen molar-refractivity contribution in [3.63, 3.8) is 0 Å². The van der Waals surface area contributed by atoms with Gasteiger partial charge in [-0.15, -0.1) is 0 Å². The van der Waals surface area contributed by atoms with Gasteiger partial charge >= 0.3 is 5.97 Å². The molecule has 0 saturated carbocycles. The Morgan fingerprint density at radius 2 is 1.89 bits per heavy atom. The van der Waals surface area contributed by atoms with Crippen LogP contribution in [-0.4, -0.2) is 30.2 Å². The highest BCUT2D eigenvalue weighted by Gasteiger charge is 2.16. The summed E-state index contributed by atoms with van der Waals surface area (Å²) in [7, 11) is 3.25. The molecule has 0 aliphatic carbocycles. The molecule has 0 aliphatic heterocycles. The van der Waals surface area contributed by atoms with Crippen LogP contribution in [0.4, 0.5) is 5.69 Å². The number of benzene rings is 2. The summed E-state index contributed by atoms with van der Waals surface area (Å²) in [5.74, 6) is -0.556. The molecule has 2 aromatic carbocycles. The van der Waals surface area contributed by atoms with Crippen molar-refractivity contribution in [2.45, 2.75) is 0 Å². The molecule has 0 aliphatic rings. The standard InChI is InChI=1S/C21H18N2O5/c1-23-9-5-7-16(23)21(25)27-12-20(24)22-15-11-18-14(10-19(15)26-2)13-6-3-4-8-17(13)28-18/h3-11H,12H2,1-2H3,(H,22,24). The summed E-state index contributed by atoms with van der Waals surface area (Å²) in [5, 5.41) is 4.56. The van der Waals surface area contributed by atoms with Crippen LogP contribution in [0.1, 0.15) is 10.5 Å². The smallest absolute Gasteiger partial charge is 0.355 e. The van der Waals surface area contributed by atoms with Gasteiger partial charge in [0.2, 0.25) is 0 Å². The zero-order chi connectivity index (χ0) is 19.7. The third-order valence-electron chi connectivity index (χ3n) is 4.46. The van der Waals surface area contributed by atoms with Crippen molar-refractivity contribution in [3.05, 3.63) is 60.4 Å². The van der Waals surface area contributed by atoms with Crippen LogP contribution in [0.15, 0.2) is 59.1 Å². The molecule has 2 aromatic heterocycles. The highest BCUT2D eigenvalue weighted by Crippen LogP contribution is 2.36. The maximum Gasteiger partial charge on any atom is 0.355 e. The number of nitrogens with zero attached hydrogens (tertiary/aromatic N) is 1. The molecule has 4 aromatic rings. The molecule has 7 nitrogen and oxygen atoms in total. The number of hydrogen-bond acceptors (Lipinski definition) is 5. The molecule has 1 N–H and O–H groups in total. The lowest BCUT2D eigenvalue weighted by Crippen LogP contribution is -2.22. The molecule has 0 atom stereocenters. The Labute approximate surface area is 160 Å². The predicted molar refractivity (Wildman–Crippen MR) is 105 cm³/mol. The average molecular weight is 378 g/mol. The van der Waals surface area contributed by atoms with E-state index >= 15 is 0 Å². The fourth-order valence-corrected chi connectivity index (χ4v) is 3.08. The Hall–Kier alpha value is -3.74. The van der Waals surface area contributed by atoms with Crippen LogP contribution in [0, 0.1) is 0 Å². The highest BCUT2D eigenvalue weighted by molar-refractivity contribution is 6.08. The average Bonchev–Trinajstić information content (AvgIpc) is 3.28. The molecule has 1 amide bonds. The number of ether oxygens (including phenoxy) is 2. The van der Waals surface area contributed by atoms with E-state index in [1.165, 1.54) is 7.11 Å². The number of anilines is 1. The highest BCUT2D eigenvalue weighted by atomic mass is 16.5. The van der Waals surface area contributed by atoms with E-state index in [0.717, 1.165) is 16.4 Å². The molecule has 28 heavy (non-hydrogen) atoms. The number of carbonyl (C=O) groups is 2. The van der Waals surface area contributed by atoms with Crippen molar-refractivity contribution in [1.29, 1.82) is 0 Å². The minimum absolute atomic E-state index is 0.370. The van der Waals surface area contributed by atoms with Crippen molar-refractivity contribution in [2.75, 3.05) is 19.0 Å². The minimum atomic E-state index is -0.567. The molecule has 2 heterocycles. The van der Waals surface area contributed by atoms with Gasteiger partial charge in [0, 0.05) is 30.1 Å². The van der Waals surface area contributed by atoms with Crippen LogP contribution in [-0.2, 0) is 16.6 Å². The van der Waals surface area contributed by atoms with E-state index in [4.69, 9.17) is 13.9 Å². The van der Waals surface area contributed by atoms with E-state index < -0.39 is 18.5 Å². The van der Waals surface area contributed by atoms with Crippen LogP contribution >= 0.6 is 0 Å². The summed E-state index contributed by atoms with van der Waals surface area (Å²) < 4.78 is 17.9. The number of nitrogens with one attached hydrogen (secondary N) is 1. The number of hydrogen-bond donors (Lipinski definition) is 1. The lowest BCUT2D eigenvalue weighted by atomic mass is 10.1. The third kappa shape index (κ3) is 3.18. The van der Waals surface area contributed by atoms with Crippen molar-refractivity contribution in [2.24, 2.45) is 7.05 Å². The number of carbonyl (C=O) groups excluding carboxylic acids is 2. The Kier molecular flexibility index (Phi) is 4.49. The van der Waals surface area contributed by atoms with Crippen LogP contribution in [0.25, 0.3) is 21.9 Å². The summed E-state index contributed by atoms with van der Waals surface area (Å²) >= 11 is 0. The van der Waals surface area contributed by atoms with Gasteiger partial charge in [0.05, 0.1) is 12.8 Å². The van der Waals surface area contributed by atoms with Crippen molar-refractivity contribution < 1.29 is 23.5 Å². The Morgan fingerprint density at radius 3 is 2.64 bits per heavy atom. The largest absolute Gasteiger partial charge is 0.495 e. The molecule has 4 rings (SSSR count). The topological polar surface area (TPSA) is 82.7 Å². The van der Waals surface area contributed by atoms with E-state index in [2.05, 4.69) is 5.32 Å². The number of para-hydroxylation sites is 1. The SMILES string of the molecule is COc1cc2c(cc1NC(=O)COC(=O)c1cccn1C)oc1ccccc12. The van der Waals surface area contributed by atoms with Crippen molar-refractivity contribution in [1.82, 2.24) is 4.57 Å². The minimum Gasteiger partial charge on any atom is -0.495 e. The number of aryl methyl sites for hydroxylation is 1. The van der Waals surface area contributed by atoms with Crippen LogP contribution < -0.4 is 10.1 Å². The number of fused-ring (bicyclic) bond motifs is 3. The number of amides is 1. The second-order valence-electron chi connectivity index (χ2n) is 6.28. The zero-order valence-corrected chi connectivity index (χ0v) is 15.4. The monoisotopic (exact) mass is 378 g/mol. The van der Waals surface area contributed by atoms with Crippen LogP contribution in [0.5, 0.6) is 5.75 Å².